The van der Waals surface area contributed by atoms with Crippen molar-refractivity contribution < 1.29 is 9.90 Å². The topological polar surface area (TPSA) is 81.6 Å². The lowest BCUT2D eigenvalue weighted by Crippen LogP contribution is -2.58. The number of hydrogen-bond acceptors (Lipinski definition) is 6. The van der Waals surface area contributed by atoms with E-state index in [1.54, 1.807) is 6.07 Å². The minimum atomic E-state index is -0.652. The summed E-state index contributed by atoms with van der Waals surface area (Å²) in [4.78, 5) is 26.0. The molecule has 2 aromatic rings. The smallest absolute Gasteiger partial charge is 0.309 e. The van der Waals surface area contributed by atoms with Gasteiger partial charge in [0.2, 0.25) is 5.95 Å². The molecule has 2 N–H and O–H groups in total. The highest BCUT2D eigenvalue weighted by Gasteiger charge is 2.49. The maximum Gasteiger partial charge on any atom is 0.309 e. The molecule has 0 amide bonds. The monoisotopic (exact) mass is 545 g/mol. The van der Waals surface area contributed by atoms with Crippen LogP contribution in [0.2, 0.25) is 10.0 Å². The number of carboxylic acid groups (broad SMARTS) is 1. The normalized spacial score (nSPS) is 27.3. The number of likely N-dealkylation sites (tertiary alicyclic amines) is 1. The highest BCUT2D eigenvalue weighted by atomic mass is 35.5. The van der Waals surface area contributed by atoms with Gasteiger partial charge >= 0.3 is 5.97 Å². The van der Waals surface area contributed by atoms with Crippen LogP contribution in [-0.2, 0) is 11.2 Å². The van der Waals surface area contributed by atoms with Gasteiger partial charge in [-0.2, -0.15) is 4.98 Å². The molecule has 0 bridgehead atoms. The fraction of sp³-hybridized carbons (Fsp3) is 0.607. The lowest BCUT2D eigenvalue weighted by atomic mass is 9.65. The number of benzene rings is 1. The third kappa shape index (κ3) is 5.55. The molecule has 2 atom stereocenters. The molecule has 1 aliphatic carbocycles. The summed E-state index contributed by atoms with van der Waals surface area (Å²) in [6.07, 6.45) is 4.84. The third-order valence-electron chi connectivity index (χ3n) is 8.68. The molecule has 0 unspecified atom stereocenters. The van der Waals surface area contributed by atoms with Gasteiger partial charge in [-0.15, -0.1) is 0 Å². The molecular formula is C28H37Cl2N5O2. The largest absolute Gasteiger partial charge is 0.481 e. The molecule has 1 saturated carbocycles. The van der Waals surface area contributed by atoms with E-state index in [0.29, 0.717) is 27.9 Å². The predicted octanol–water partition coefficient (Wildman–Crippen LogP) is 5.92. The van der Waals surface area contributed by atoms with Gasteiger partial charge < -0.3 is 20.2 Å². The number of rotatable bonds is 8. The van der Waals surface area contributed by atoms with Crippen molar-refractivity contribution in [3.63, 3.8) is 0 Å². The van der Waals surface area contributed by atoms with Crippen LogP contribution >= 0.6 is 23.2 Å². The van der Waals surface area contributed by atoms with Crippen molar-refractivity contribution >= 4 is 40.9 Å². The molecule has 2 aliphatic heterocycles. The number of aryl methyl sites for hydroxylation is 1. The highest BCUT2D eigenvalue weighted by molar-refractivity contribution is 6.35. The van der Waals surface area contributed by atoms with Crippen molar-refractivity contribution in [1.82, 2.24) is 14.9 Å². The molecule has 3 aliphatic rings. The Labute approximate surface area is 229 Å². The number of aliphatic carboxylic acids is 1. The van der Waals surface area contributed by atoms with Crippen LogP contribution in [0.25, 0.3) is 0 Å². The van der Waals surface area contributed by atoms with E-state index in [1.807, 2.05) is 25.1 Å². The van der Waals surface area contributed by atoms with Gasteiger partial charge in [0.25, 0.3) is 0 Å². The van der Waals surface area contributed by atoms with Crippen molar-refractivity contribution in [3.05, 3.63) is 45.6 Å². The van der Waals surface area contributed by atoms with Gasteiger partial charge in [-0.3, -0.25) is 4.79 Å². The quantitative estimate of drug-likeness (QED) is 0.425. The number of nitrogens with zero attached hydrogens (tertiary/aromatic N) is 4. The number of carboxylic acids is 1. The Bertz CT molecular complexity index is 1150. The first-order valence-corrected chi connectivity index (χ1v) is 14.2. The summed E-state index contributed by atoms with van der Waals surface area (Å²) in [5.74, 6) is 2.22. The molecular weight excluding hydrogens is 509 g/mol. The van der Waals surface area contributed by atoms with Crippen LogP contribution in [0.5, 0.6) is 0 Å². The standard InChI is InChI=1S/C28H37Cl2N5O2/c1-4-21-11-25(31-17(2)23-8-7-20(29)10-24(23)30)33-27(32-21)35-15-19(16-35)18-6-5-9-34(14-18)22-12-28(3,13-22)26(36)37/h7-8,10-11,17-19,22H,4-6,9,12-16H2,1-3H3,(H,36,37)(H,31,32,33)/t17-,18+,22?,28?/m1/s1. The van der Waals surface area contributed by atoms with Gasteiger partial charge in [-0.05, 0) is 82.0 Å². The Balaban J connectivity index is 1.20. The molecule has 3 heterocycles. The maximum absolute atomic E-state index is 11.5. The summed E-state index contributed by atoms with van der Waals surface area (Å²) < 4.78 is 0. The number of halogens is 2. The zero-order chi connectivity index (χ0) is 26.3. The number of carbonyl (C=O) groups is 1. The summed E-state index contributed by atoms with van der Waals surface area (Å²) in [5.41, 5.74) is 1.46. The fourth-order valence-corrected chi connectivity index (χ4v) is 6.75. The summed E-state index contributed by atoms with van der Waals surface area (Å²) in [7, 11) is 0. The van der Waals surface area contributed by atoms with Crippen molar-refractivity contribution in [2.75, 3.05) is 36.4 Å². The van der Waals surface area contributed by atoms with Gasteiger partial charge in [-0.25, -0.2) is 4.98 Å². The molecule has 3 fully saturated rings. The van der Waals surface area contributed by atoms with Crippen molar-refractivity contribution in [2.24, 2.45) is 17.3 Å². The van der Waals surface area contributed by atoms with E-state index >= 15 is 0 Å². The molecule has 9 heteroatoms. The van der Waals surface area contributed by atoms with E-state index < -0.39 is 11.4 Å². The van der Waals surface area contributed by atoms with E-state index in [-0.39, 0.29) is 6.04 Å². The van der Waals surface area contributed by atoms with Gasteiger partial charge in [0.1, 0.15) is 5.82 Å². The summed E-state index contributed by atoms with van der Waals surface area (Å²) in [6.45, 7) is 10.2. The van der Waals surface area contributed by atoms with E-state index in [9.17, 15) is 9.90 Å². The Kier molecular flexibility index (Phi) is 7.58. The average molecular weight is 547 g/mol. The van der Waals surface area contributed by atoms with E-state index in [4.69, 9.17) is 33.2 Å². The Hall–Kier alpha value is -2.09. The predicted molar refractivity (Wildman–Crippen MR) is 149 cm³/mol. The number of nitrogens with one attached hydrogen (secondary N) is 1. The summed E-state index contributed by atoms with van der Waals surface area (Å²) >= 11 is 12.5. The van der Waals surface area contributed by atoms with E-state index in [1.165, 1.54) is 12.8 Å². The van der Waals surface area contributed by atoms with E-state index in [2.05, 4.69) is 29.0 Å². The lowest BCUT2D eigenvalue weighted by molar-refractivity contribution is -0.158. The SMILES string of the molecule is CCc1cc(N[C@H](C)c2ccc(Cl)cc2Cl)nc(N2CC([C@H]3CCCN(C4CC(C)(C(=O)O)C4)C3)C2)n1. The van der Waals surface area contributed by atoms with Crippen LogP contribution in [0.4, 0.5) is 11.8 Å². The Morgan fingerprint density at radius 2 is 1.95 bits per heavy atom. The van der Waals surface area contributed by atoms with Crippen LogP contribution in [0.3, 0.4) is 0 Å². The molecule has 2 saturated heterocycles. The number of anilines is 2. The average Bonchev–Trinajstić information content (AvgIpc) is 2.81. The highest BCUT2D eigenvalue weighted by Crippen LogP contribution is 2.45. The van der Waals surface area contributed by atoms with Crippen LogP contribution in [0, 0.1) is 17.3 Å². The number of aromatic nitrogens is 2. The van der Waals surface area contributed by atoms with Gasteiger partial charge in [0, 0.05) is 47.5 Å². The summed E-state index contributed by atoms with van der Waals surface area (Å²) in [6, 6.07) is 7.99. The lowest BCUT2D eigenvalue weighted by Gasteiger charge is -2.52. The Morgan fingerprint density at radius 1 is 1.19 bits per heavy atom. The number of hydrogen-bond donors (Lipinski definition) is 2. The second kappa shape index (κ2) is 10.6. The second-order valence-electron chi connectivity index (χ2n) is 11.4. The minimum Gasteiger partial charge on any atom is -0.481 e. The van der Waals surface area contributed by atoms with Crippen LogP contribution in [-0.4, -0.2) is 58.2 Å². The first kappa shape index (κ1) is 26.5. The molecule has 0 radical (unpaired) electrons. The van der Waals surface area contributed by atoms with E-state index in [0.717, 1.165) is 68.5 Å². The fourth-order valence-electron chi connectivity index (χ4n) is 6.18. The second-order valence-corrected chi connectivity index (χ2v) is 12.3. The molecule has 7 nitrogen and oxygen atoms in total. The summed E-state index contributed by atoms with van der Waals surface area (Å²) in [5, 5.41) is 14.2. The number of piperidine rings is 1. The van der Waals surface area contributed by atoms with Crippen molar-refractivity contribution in [3.8, 4) is 0 Å². The van der Waals surface area contributed by atoms with Crippen LogP contribution in [0.15, 0.2) is 24.3 Å². The minimum absolute atomic E-state index is 0.0240. The van der Waals surface area contributed by atoms with Crippen molar-refractivity contribution in [1.29, 1.82) is 0 Å². The van der Waals surface area contributed by atoms with Gasteiger partial charge in [0.15, 0.2) is 0 Å². The third-order valence-corrected chi connectivity index (χ3v) is 9.24. The molecule has 1 aromatic heterocycles. The van der Waals surface area contributed by atoms with Gasteiger partial charge in [0.05, 0.1) is 11.5 Å². The Morgan fingerprint density at radius 3 is 2.62 bits per heavy atom. The molecule has 37 heavy (non-hydrogen) atoms. The molecule has 200 valence electrons. The first-order valence-electron chi connectivity index (χ1n) is 13.5. The van der Waals surface area contributed by atoms with Gasteiger partial charge in [-0.1, -0.05) is 36.2 Å². The van der Waals surface area contributed by atoms with Crippen LogP contribution in [0.1, 0.15) is 63.8 Å². The zero-order valence-corrected chi connectivity index (χ0v) is 23.4. The molecule has 0 spiro atoms. The van der Waals surface area contributed by atoms with Crippen molar-refractivity contribution in [2.45, 2.75) is 65.0 Å². The molecule has 1 aromatic carbocycles. The first-order chi connectivity index (χ1) is 17.6. The van der Waals surface area contributed by atoms with Crippen LogP contribution < -0.4 is 10.2 Å². The molecule has 5 rings (SSSR count). The zero-order valence-electron chi connectivity index (χ0n) is 21.9. The maximum atomic E-state index is 11.5.